The van der Waals surface area contributed by atoms with Crippen LogP contribution in [-0.2, 0) is 17.6 Å². The summed E-state index contributed by atoms with van der Waals surface area (Å²) < 4.78 is 5.40. The summed E-state index contributed by atoms with van der Waals surface area (Å²) in [6.07, 6.45) is 8.01. The molecule has 1 fully saturated rings. The number of aromatic nitrogens is 1. The molecule has 0 unspecified atom stereocenters. The number of aryl methyl sites for hydroxylation is 2. The molecule has 192 valence electrons. The maximum Gasteiger partial charge on any atom is 0.303 e. The summed E-state index contributed by atoms with van der Waals surface area (Å²) in [4.78, 5) is 18.5. The highest BCUT2D eigenvalue weighted by molar-refractivity contribution is 6.42. The minimum atomic E-state index is -0.704. The molecule has 0 bridgehead atoms. The van der Waals surface area contributed by atoms with Crippen LogP contribution in [0.5, 0.6) is 5.75 Å². The Labute approximate surface area is 223 Å². The van der Waals surface area contributed by atoms with Crippen molar-refractivity contribution >= 4 is 40.1 Å². The maximum atomic E-state index is 11.6. The third-order valence-electron chi connectivity index (χ3n) is 7.42. The van der Waals surface area contributed by atoms with E-state index in [0.717, 1.165) is 80.4 Å². The van der Waals surface area contributed by atoms with Crippen LogP contribution in [0.1, 0.15) is 43.2 Å². The average molecular weight is 530 g/mol. The Hall–Kier alpha value is -2.34. The van der Waals surface area contributed by atoms with Crippen LogP contribution in [0.2, 0.25) is 10.0 Å². The fourth-order valence-corrected chi connectivity index (χ4v) is 5.93. The normalized spacial score (nSPS) is 18.4. The minimum absolute atomic E-state index is 0.181. The number of ether oxygens (including phenoxy) is 1. The standard InChI is InChI=1S/C29H34Cl2N2O3/c1-36-24-10-11-27-25(18-24)21(12-14-32-27)6-2-5-20-13-16-33(19-23(20)17-28(34)35)15-4-8-22-7-3-9-26(30)29(22)31/h3,7,9-12,14,18,20,23H,2,4-6,8,13,15-17,19H2,1H3,(H,34,35)/t20-,23+/m1/s1. The van der Waals surface area contributed by atoms with Crippen LogP contribution < -0.4 is 4.74 Å². The molecule has 1 aliphatic heterocycles. The summed E-state index contributed by atoms with van der Waals surface area (Å²) in [6, 6.07) is 13.8. The van der Waals surface area contributed by atoms with Crippen molar-refractivity contribution in [3.05, 3.63) is 69.8 Å². The van der Waals surface area contributed by atoms with Crippen LogP contribution in [-0.4, -0.2) is 47.7 Å². The van der Waals surface area contributed by atoms with Crippen molar-refractivity contribution in [3.8, 4) is 5.75 Å². The van der Waals surface area contributed by atoms with Crippen LogP contribution in [0.15, 0.2) is 48.7 Å². The quantitative estimate of drug-likeness (QED) is 0.292. The van der Waals surface area contributed by atoms with E-state index in [-0.39, 0.29) is 12.3 Å². The van der Waals surface area contributed by atoms with Gasteiger partial charge < -0.3 is 14.7 Å². The lowest BCUT2D eigenvalue weighted by molar-refractivity contribution is -0.139. The smallest absolute Gasteiger partial charge is 0.303 e. The summed E-state index contributed by atoms with van der Waals surface area (Å²) >= 11 is 12.5. The van der Waals surface area contributed by atoms with E-state index in [9.17, 15) is 9.90 Å². The largest absolute Gasteiger partial charge is 0.497 e. The number of pyridine rings is 1. The summed E-state index contributed by atoms with van der Waals surface area (Å²) in [5.41, 5.74) is 3.32. The zero-order valence-electron chi connectivity index (χ0n) is 20.8. The Morgan fingerprint density at radius 3 is 2.75 bits per heavy atom. The molecule has 2 aromatic carbocycles. The van der Waals surface area contributed by atoms with Crippen LogP contribution in [0.4, 0.5) is 0 Å². The van der Waals surface area contributed by atoms with Crippen molar-refractivity contribution in [3.63, 3.8) is 0 Å². The Bertz CT molecular complexity index is 1190. The number of nitrogens with zero attached hydrogens (tertiary/aromatic N) is 2. The summed E-state index contributed by atoms with van der Waals surface area (Å²) in [5.74, 6) is 0.746. The zero-order valence-corrected chi connectivity index (χ0v) is 22.3. The van der Waals surface area contributed by atoms with Crippen LogP contribution in [0.25, 0.3) is 10.9 Å². The van der Waals surface area contributed by atoms with Gasteiger partial charge in [0.25, 0.3) is 0 Å². The van der Waals surface area contributed by atoms with E-state index in [1.54, 1.807) is 7.11 Å². The maximum absolute atomic E-state index is 11.6. The predicted octanol–water partition coefficient (Wildman–Crippen LogP) is 6.92. The number of hydrogen-bond donors (Lipinski definition) is 1. The van der Waals surface area contributed by atoms with E-state index in [1.807, 2.05) is 36.5 Å². The van der Waals surface area contributed by atoms with Gasteiger partial charge in [-0.1, -0.05) is 35.3 Å². The lowest BCUT2D eigenvalue weighted by atomic mass is 9.79. The molecule has 0 radical (unpaired) electrons. The number of carbonyl (C=O) groups is 1. The molecule has 0 saturated carbocycles. The van der Waals surface area contributed by atoms with Crippen LogP contribution >= 0.6 is 23.2 Å². The number of rotatable bonds is 11. The van der Waals surface area contributed by atoms with Gasteiger partial charge in [-0.2, -0.15) is 0 Å². The van der Waals surface area contributed by atoms with Gasteiger partial charge in [-0.25, -0.2) is 0 Å². The van der Waals surface area contributed by atoms with Crippen molar-refractivity contribution in [1.29, 1.82) is 0 Å². The zero-order chi connectivity index (χ0) is 25.5. The molecule has 1 N–H and O–H groups in total. The lowest BCUT2D eigenvalue weighted by Crippen LogP contribution is -2.41. The molecule has 3 aromatic rings. The van der Waals surface area contributed by atoms with Gasteiger partial charge in [0.1, 0.15) is 5.75 Å². The molecule has 36 heavy (non-hydrogen) atoms. The van der Waals surface area contributed by atoms with Crippen molar-refractivity contribution in [2.45, 2.75) is 44.9 Å². The van der Waals surface area contributed by atoms with Crippen LogP contribution in [0.3, 0.4) is 0 Å². The molecule has 7 heteroatoms. The number of carboxylic acids is 1. The average Bonchev–Trinajstić information content (AvgIpc) is 2.87. The molecule has 1 aliphatic rings. The fourth-order valence-electron chi connectivity index (χ4n) is 5.51. The number of halogens is 2. The van der Waals surface area contributed by atoms with Crippen molar-refractivity contribution in [2.24, 2.45) is 11.8 Å². The molecular formula is C29H34Cl2N2O3. The first kappa shape index (κ1) is 26.7. The molecule has 5 nitrogen and oxygen atoms in total. The van der Waals surface area contributed by atoms with Crippen LogP contribution in [0, 0.1) is 11.8 Å². The first-order valence-electron chi connectivity index (χ1n) is 12.7. The molecule has 1 saturated heterocycles. The van der Waals surface area contributed by atoms with Gasteiger partial charge in [-0.05, 0) is 105 Å². The molecular weight excluding hydrogens is 495 g/mol. The van der Waals surface area contributed by atoms with Crippen molar-refractivity contribution in [1.82, 2.24) is 9.88 Å². The summed E-state index contributed by atoms with van der Waals surface area (Å²) in [6.45, 7) is 2.80. The molecule has 2 heterocycles. The highest BCUT2D eigenvalue weighted by Crippen LogP contribution is 2.32. The number of benzene rings is 2. The second-order valence-electron chi connectivity index (χ2n) is 9.77. The van der Waals surface area contributed by atoms with Crippen molar-refractivity contribution in [2.75, 3.05) is 26.7 Å². The Kier molecular flexibility index (Phi) is 9.47. The topological polar surface area (TPSA) is 62.7 Å². The highest BCUT2D eigenvalue weighted by Gasteiger charge is 2.30. The minimum Gasteiger partial charge on any atom is -0.497 e. The molecule has 0 spiro atoms. The summed E-state index contributed by atoms with van der Waals surface area (Å²) in [7, 11) is 1.68. The van der Waals surface area contributed by atoms with E-state index < -0.39 is 5.97 Å². The first-order valence-corrected chi connectivity index (χ1v) is 13.5. The lowest BCUT2D eigenvalue weighted by Gasteiger charge is -2.38. The van der Waals surface area contributed by atoms with Gasteiger partial charge in [0.15, 0.2) is 0 Å². The van der Waals surface area contributed by atoms with Gasteiger partial charge >= 0.3 is 5.97 Å². The molecule has 0 amide bonds. The monoisotopic (exact) mass is 528 g/mol. The van der Waals surface area contributed by atoms with Gasteiger partial charge in [0.2, 0.25) is 0 Å². The Balaban J connectivity index is 1.31. The Morgan fingerprint density at radius 1 is 1.11 bits per heavy atom. The number of fused-ring (bicyclic) bond motifs is 1. The summed E-state index contributed by atoms with van der Waals surface area (Å²) in [5, 5.41) is 11.9. The van der Waals surface area contributed by atoms with Crippen molar-refractivity contribution < 1.29 is 14.6 Å². The van der Waals surface area contributed by atoms with E-state index in [1.165, 1.54) is 5.56 Å². The molecule has 0 aliphatic carbocycles. The second-order valence-corrected chi connectivity index (χ2v) is 10.6. The fraction of sp³-hybridized carbons (Fsp3) is 0.448. The molecule has 2 atom stereocenters. The highest BCUT2D eigenvalue weighted by atomic mass is 35.5. The van der Waals surface area contributed by atoms with E-state index >= 15 is 0 Å². The first-order chi connectivity index (χ1) is 17.4. The van der Waals surface area contributed by atoms with Gasteiger partial charge in [0, 0.05) is 24.5 Å². The van der Waals surface area contributed by atoms with Gasteiger partial charge in [-0.15, -0.1) is 0 Å². The number of methoxy groups -OCH3 is 1. The number of likely N-dealkylation sites (tertiary alicyclic amines) is 1. The van der Waals surface area contributed by atoms with E-state index in [2.05, 4.69) is 22.0 Å². The molecule has 1 aromatic heterocycles. The van der Waals surface area contributed by atoms with Gasteiger partial charge in [0.05, 0.1) is 22.7 Å². The Morgan fingerprint density at radius 2 is 1.94 bits per heavy atom. The van der Waals surface area contributed by atoms with Gasteiger partial charge in [-0.3, -0.25) is 9.78 Å². The number of aliphatic carboxylic acids is 1. The van der Waals surface area contributed by atoms with E-state index in [0.29, 0.717) is 16.0 Å². The molecule has 4 rings (SSSR count). The number of hydrogen-bond acceptors (Lipinski definition) is 4. The van der Waals surface area contributed by atoms with E-state index in [4.69, 9.17) is 27.9 Å². The predicted molar refractivity (Wildman–Crippen MR) is 146 cm³/mol. The SMILES string of the molecule is COc1ccc2nccc(CCC[C@@H]3CCN(CCCc4cccc(Cl)c4Cl)C[C@@H]3CC(=O)O)c2c1. The second kappa shape index (κ2) is 12.8. The third kappa shape index (κ3) is 6.90. The third-order valence-corrected chi connectivity index (χ3v) is 8.28. The number of piperidine rings is 1. The number of carboxylic acid groups (broad SMARTS) is 1.